The highest BCUT2D eigenvalue weighted by Crippen LogP contribution is 2.22. The summed E-state index contributed by atoms with van der Waals surface area (Å²) in [5.74, 6) is 3.57. The minimum Gasteiger partial charge on any atom is -0.312 e. The Balaban J connectivity index is 1.67. The Morgan fingerprint density at radius 1 is 1.71 bits per heavy atom. The van der Waals surface area contributed by atoms with Crippen molar-refractivity contribution >= 4 is 11.8 Å². The van der Waals surface area contributed by atoms with E-state index in [0.717, 1.165) is 19.0 Å². The summed E-state index contributed by atoms with van der Waals surface area (Å²) in [5.41, 5.74) is 1.28. The highest BCUT2D eigenvalue weighted by Gasteiger charge is 2.14. The normalized spacial score (nSPS) is 21.6. The summed E-state index contributed by atoms with van der Waals surface area (Å²) < 4.78 is 1.85. The molecule has 1 unspecified atom stereocenters. The van der Waals surface area contributed by atoms with Crippen LogP contribution >= 0.6 is 11.8 Å². The van der Waals surface area contributed by atoms with E-state index in [1.54, 1.807) is 0 Å². The number of nitrogens with one attached hydrogen (secondary N) is 1. The number of rotatable bonds is 4. The van der Waals surface area contributed by atoms with Crippen molar-refractivity contribution in [3.63, 3.8) is 0 Å². The molecule has 0 radical (unpaired) electrons. The topological polar surface area (TPSA) is 29.9 Å². The van der Waals surface area contributed by atoms with Crippen LogP contribution in [0.4, 0.5) is 0 Å². The molecule has 1 aliphatic rings. The second-order valence-corrected chi connectivity index (χ2v) is 5.03. The van der Waals surface area contributed by atoms with E-state index in [0.29, 0.717) is 0 Å². The molecule has 78 valence electrons. The van der Waals surface area contributed by atoms with Crippen LogP contribution in [0.5, 0.6) is 0 Å². The van der Waals surface area contributed by atoms with E-state index in [1.807, 2.05) is 17.9 Å². The zero-order chi connectivity index (χ0) is 9.80. The first-order valence-corrected chi connectivity index (χ1v) is 6.26. The van der Waals surface area contributed by atoms with E-state index in [1.165, 1.54) is 23.5 Å². The summed E-state index contributed by atoms with van der Waals surface area (Å²) in [6.45, 7) is 2.11. The summed E-state index contributed by atoms with van der Waals surface area (Å²) in [5, 5.41) is 7.63. The molecule has 0 amide bonds. The van der Waals surface area contributed by atoms with Crippen molar-refractivity contribution in [1.29, 1.82) is 0 Å². The lowest BCUT2D eigenvalue weighted by atomic mass is 10.1. The third-order valence-electron chi connectivity index (χ3n) is 2.54. The van der Waals surface area contributed by atoms with E-state index in [2.05, 4.69) is 28.4 Å². The number of thioether (sulfide) groups is 1. The second-order valence-electron chi connectivity index (χ2n) is 3.88. The first kappa shape index (κ1) is 10.1. The molecular weight excluding hydrogens is 194 g/mol. The predicted molar refractivity (Wildman–Crippen MR) is 60.3 cm³/mol. The maximum atomic E-state index is 4.14. The van der Waals surface area contributed by atoms with Crippen LogP contribution in [0.3, 0.4) is 0 Å². The molecule has 1 fully saturated rings. The van der Waals surface area contributed by atoms with Gasteiger partial charge in [-0.15, -0.1) is 0 Å². The SMILES string of the molecule is Cn1cc(CNCC2CCSC2)cn1. The van der Waals surface area contributed by atoms with Gasteiger partial charge in [0.2, 0.25) is 0 Å². The molecular formula is C10H17N3S. The van der Waals surface area contributed by atoms with Gasteiger partial charge in [0.15, 0.2) is 0 Å². The molecule has 3 nitrogen and oxygen atoms in total. The van der Waals surface area contributed by atoms with Gasteiger partial charge in [-0.2, -0.15) is 16.9 Å². The zero-order valence-electron chi connectivity index (χ0n) is 8.57. The Morgan fingerprint density at radius 3 is 3.29 bits per heavy atom. The Kier molecular flexibility index (Phi) is 3.48. The fourth-order valence-corrected chi connectivity index (χ4v) is 3.01. The molecule has 1 aliphatic heterocycles. The molecule has 1 aromatic heterocycles. The van der Waals surface area contributed by atoms with Crippen molar-refractivity contribution in [2.75, 3.05) is 18.1 Å². The van der Waals surface area contributed by atoms with Gasteiger partial charge in [-0.25, -0.2) is 0 Å². The fraction of sp³-hybridized carbons (Fsp3) is 0.700. The number of aryl methyl sites for hydroxylation is 1. The third-order valence-corrected chi connectivity index (χ3v) is 3.78. The molecule has 1 aromatic rings. The molecule has 1 saturated heterocycles. The number of hydrogen-bond acceptors (Lipinski definition) is 3. The van der Waals surface area contributed by atoms with Crippen LogP contribution < -0.4 is 5.32 Å². The number of nitrogens with zero attached hydrogens (tertiary/aromatic N) is 2. The standard InChI is InChI=1S/C10H17N3S/c1-13-7-10(6-12-13)5-11-4-9-2-3-14-8-9/h6-7,9,11H,2-5,8H2,1H3. The Bertz CT molecular complexity index is 279. The summed E-state index contributed by atoms with van der Waals surface area (Å²) in [4.78, 5) is 0. The van der Waals surface area contributed by atoms with E-state index < -0.39 is 0 Å². The van der Waals surface area contributed by atoms with Gasteiger partial charge in [0, 0.05) is 25.4 Å². The van der Waals surface area contributed by atoms with E-state index in [4.69, 9.17) is 0 Å². The lowest BCUT2D eigenvalue weighted by Gasteiger charge is -2.08. The van der Waals surface area contributed by atoms with Gasteiger partial charge in [-0.05, 0) is 30.4 Å². The monoisotopic (exact) mass is 211 g/mol. The van der Waals surface area contributed by atoms with E-state index in [-0.39, 0.29) is 0 Å². The van der Waals surface area contributed by atoms with Crippen molar-refractivity contribution in [2.45, 2.75) is 13.0 Å². The van der Waals surface area contributed by atoms with E-state index >= 15 is 0 Å². The van der Waals surface area contributed by atoms with Gasteiger partial charge in [0.1, 0.15) is 0 Å². The van der Waals surface area contributed by atoms with Crippen LogP contribution in [-0.4, -0.2) is 27.8 Å². The fourth-order valence-electron chi connectivity index (χ4n) is 1.73. The van der Waals surface area contributed by atoms with Gasteiger partial charge < -0.3 is 5.32 Å². The van der Waals surface area contributed by atoms with Crippen LogP contribution in [0.15, 0.2) is 12.4 Å². The quantitative estimate of drug-likeness (QED) is 0.813. The molecule has 2 heterocycles. The van der Waals surface area contributed by atoms with Gasteiger partial charge >= 0.3 is 0 Å². The minimum atomic E-state index is 0.886. The van der Waals surface area contributed by atoms with Crippen molar-refractivity contribution in [1.82, 2.24) is 15.1 Å². The van der Waals surface area contributed by atoms with Gasteiger partial charge in [-0.3, -0.25) is 4.68 Å². The van der Waals surface area contributed by atoms with Crippen molar-refractivity contribution in [3.05, 3.63) is 18.0 Å². The predicted octanol–water partition coefficient (Wildman–Crippen LogP) is 1.26. The lowest BCUT2D eigenvalue weighted by molar-refractivity contribution is 0.523. The smallest absolute Gasteiger partial charge is 0.0534 e. The Morgan fingerprint density at radius 2 is 2.64 bits per heavy atom. The maximum absolute atomic E-state index is 4.14. The van der Waals surface area contributed by atoms with Crippen LogP contribution in [-0.2, 0) is 13.6 Å². The highest BCUT2D eigenvalue weighted by atomic mass is 32.2. The molecule has 4 heteroatoms. The molecule has 1 atom stereocenters. The zero-order valence-corrected chi connectivity index (χ0v) is 9.39. The van der Waals surface area contributed by atoms with Gasteiger partial charge in [-0.1, -0.05) is 0 Å². The minimum absolute atomic E-state index is 0.886. The number of aromatic nitrogens is 2. The summed E-state index contributed by atoms with van der Waals surface area (Å²) in [6.07, 6.45) is 5.37. The van der Waals surface area contributed by atoms with Crippen molar-refractivity contribution < 1.29 is 0 Å². The van der Waals surface area contributed by atoms with Crippen LogP contribution in [0, 0.1) is 5.92 Å². The van der Waals surface area contributed by atoms with E-state index in [9.17, 15) is 0 Å². The number of hydrogen-bond donors (Lipinski definition) is 1. The van der Waals surface area contributed by atoms with Gasteiger partial charge in [0.25, 0.3) is 0 Å². The molecule has 0 saturated carbocycles. The summed E-state index contributed by atoms with van der Waals surface area (Å²) in [6, 6.07) is 0. The molecule has 0 aromatic carbocycles. The molecule has 14 heavy (non-hydrogen) atoms. The van der Waals surface area contributed by atoms with Crippen molar-refractivity contribution in [2.24, 2.45) is 13.0 Å². The average molecular weight is 211 g/mol. The Labute approximate surface area is 89.3 Å². The second kappa shape index (κ2) is 4.84. The van der Waals surface area contributed by atoms with Crippen LogP contribution in [0.25, 0.3) is 0 Å². The summed E-state index contributed by atoms with van der Waals surface area (Å²) in [7, 11) is 1.96. The first-order chi connectivity index (χ1) is 6.84. The maximum Gasteiger partial charge on any atom is 0.0534 e. The van der Waals surface area contributed by atoms with Crippen LogP contribution in [0.1, 0.15) is 12.0 Å². The largest absolute Gasteiger partial charge is 0.312 e. The summed E-state index contributed by atoms with van der Waals surface area (Å²) >= 11 is 2.08. The molecule has 2 rings (SSSR count). The highest BCUT2D eigenvalue weighted by molar-refractivity contribution is 7.99. The third kappa shape index (κ3) is 2.75. The molecule has 1 N–H and O–H groups in total. The van der Waals surface area contributed by atoms with Crippen LogP contribution in [0.2, 0.25) is 0 Å². The van der Waals surface area contributed by atoms with Gasteiger partial charge in [0.05, 0.1) is 6.20 Å². The molecule has 0 spiro atoms. The average Bonchev–Trinajstić information content (AvgIpc) is 2.77. The Hall–Kier alpha value is -0.480. The first-order valence-electron chi connectivity index (χ1n) is 5.10. The lowest BCUT2D eigenvalue weighted by Crippen LogP contribution is -2.21. The molecule has 0 bridgehead atoms. The van der Waals surface area contributed by atoms with Crippen molar-refractivity contribution in [3.8, 4) is 0 Å². The molecule has 0 aliphatic carbocycles.